The first-order valence-corrected chi connectivity index (χ1v) is 7.58. The van der Waals surface area contributed by atoms with E-state index in [1.807, 2.05) is 44.1 Å². The third kappa shape index (κ3) is 4.13. The fraction of sp³-hybridized carbons (Fsp3) is 0.500. The number of nitrogens with one attached hydrogen (secondary N) is 2. The lowest BCUT2D eigenvalue weighted by Crippen LogP contribution is -2.40. The Morgan fingerprint density at radius 2 is 1.91 bits per heavy atom. The zero-order chi connectivity index (χ0) is 16.1. The Kier molecular flexibility index (Phi) is 5.25. The lowest BCUT2D eigenvalue weighted by Gasteiger charge is -2.17. The van der Waals surface area contributed by atoms with Crippen LogP contribution in [0.4, 0.5) is 16.2 Å². The van der Waals surface area contributed by atoms with Gasteiger partial charge in [0.15, 0.2) is 0 Å². The Morgan fingerprint density at radius 3 is 2.50 bits per heavy atom. The van der Waals surface area contributed by atoms with Gasteiger partial charge < -0.3 is 20.4 Å². The number of hydrogen-bond donors (Lipinski definition) is 2. The highest BCUT2D eigenvalue weighted by molar-refractivity contribution is 5.93. The van der Waals surface area contributed by atoms with Crippen LogP contribution < -0.4 is 15.5 Å². The minimum Gasteiger partial charge on any atom is -0.378 e. The maximum absolute atomic E-state index is 11.9. The van der Waals surface area contributed by atoms with Crippen molar-refractivity contribution < 1.29 is 9.59 Å². The van der Waals surface area contributed by atoms with E-state index in [0.717, 1.165) is 42.9 Å². The van der Waals surface area contributed by atoms with Crippen molar-refractivity contribution in [2.45, 2.75) is 19.8 Å². The molecule has 1 heterocycles. The lowest BCUT2D eigenvalue weighted by molar-refractivity contribution is -0.128. The van der Waals surface area contributed by atoms with E-state index in [0.29, 0.717) is 0 Å². The van der Waals surface area contributed by atoms with E-state index in [-0.39, 0.29) is 18.5 Å². The molecule has 1 fully saturated rings. The molecule has 0 atom stereocenters. The van der Waals surface area contributed by atoms with Gasteiger partial charge in [0.05, 0.1) is 6.54 Å². The molecule has 22 heavy (non-hydrogen) atoms. The molecule has 0 spiro atoms. The molecule has 2 N–H and O–H groups in total. The van der Waals surface area contributed by atoms with E-state index < -0.39 is 0 Å². The molecule has 1 aromatic rings. The predicted molar refractivity (Wildman–Crippen MR) is 88.3 cm³/mol. The first-order valence-electron chi connectivity index (χ1n) is 7.58. The van der Waals surface area contributed by atoms with E-state index in [4.69, 9.17) is 0 Å². The third-order valence-corrected chi connectivity index (χ3v) is 3.83. The van der Waals surface area contributed by atoms with Crippen LogP contribution in [0.15, 0.2) is 18.2 Å². The number of carbonyl (C=O) groups is 2. The van der Waals surface area contributed by atoms with Crippen molar-refractivity contribution in [1.82, 2.24) is 10.2 Å². The van der Waals surface area contributed by atoms with Gasteiger partial charge in [-0.05, 0) is 43.5 Å². The zero-order valence-electron chi connectivity index (χ0n) is 13.5. The van der Waals surface area contributed by atoms with E-state index in [2.05, 4.69) is 10.6 Å². The Labute approximate surface area is 131 Å². The lowest BCUT2D eigenvalue weighted by atomic mass is 10.1. The summed E-state index contributed by atoms with van der Waals surface area (Å²) in [5.41, 5.74) is 2.80. The van der Waals surface area contributed by atoms with Crippen LogP contribution >= 0.6 is 0 Å². The maximum atomic E-state index is 11.9. The average molecular weight is 304 g/mol. The zero-order valence-corrected chi connectivity index (χ0v) is 13.5. The van der Waals surface area contributed by atoms with Crippen molar-refractivity contribution in [2.75, 3.05) is 43.9 Å². The Morgan fingerprint density at radius 1 is 1.23 bits per heavy atom. The molecular formula is C16H24N4O2. The Hall–Kier alpha value is -2.24. The fourth-order valence-corrected chi connectivity index (χ4v) is 2.47. The number of aryl methyl sites for hydroxylation is 1. The molecular weight excluding hydrogens is 280 g/mol. The van der Waals surface area contributed by atoms with Gasteiger partial charge in [-0.1, -0.05) is 0 Å². The molecule has 1 saturated heterocycles. The molecule has 1 aliphatic heterocycles. The van der Waals surface area contributed by atoms with Gasteiger partial charge in [-0.2, -0.15) is 0 Å². The van der Waals surface area contributed by atoms with Crippen LogP contribution in [0.3, 0.4) is 0 Å². The van der Waals surface area contributed by atoms with Gasteiger partial charge in [0, 0.05) is 38.6 Å². The smallest absolute Gasteiger partial charge is 0.319 e. The van der Waals surface area contributed by atoms with E-state index in [1.165, 1.54) is 0 Å². The summed E-state index contributed by atoms with van der Waals surface area (Å²) in [6.07, 6.45) is 2.10. The summed E-state index contributed by atoms with van der Waals surface area (Å²) in [5.74, 6) is -0.0210. The minimum atomic E-state index is -0.353. The highest BCUT2D eigenvalue weighted by Crippen LogP contribution is 2.21. The molecule has 0 saturated carbocycles. The van der Waals surface area contributed by atoms with Crippen molar-refractivity contribution in [1.29, 1.82) is 0 Å². The van der Waals surface area contributed by atoms with Gasteiger partial charge in [0.2, 0.25) is 5.91 Å². The first-order chi connectivity index (χ1) is 10.5. The van der Waals surface area contributed by atoms with Crippen molar-refractivity contribution in [3.05, 3.63) is 23.8 Å². The van der Waals surface area contributed by atoms with Gasteiger partial charge in [-0.3, -0.25) is 4.79 Å². The summed E-state index contributed by atoms with van der Waals surface area (Å²) in [6.45, 7) is 3.58. The van der Waals surface area contributed by atoms with Crippen LogP contribution in [0.5, 0.6) is 0 Å². The Balaban J connectivity index is 1.85. The van der Waals surface area contributed by atoms with Crippen LogP contribution in [0, 0.1) is 6.92 Å². The predicted octanol–water partition coefficient (Wildman–Crippen LogP) is 1.80. The molecule has 0 bridgehead atoms. The first kappa shape index (κ1) is 16.1. The van der Waals surface area contributed by atoms with Crippen LogP contribution in [0.25, 0.3) is 0 Å². The second-order valence-electron chi connectivity index (χ2n) is 5.79. The average Bonchev–Trinajstić information content (AvgIpc) is 3.01. The van der Waals surface area contributed by atoms with Crippen molar-refractivity contribution in [3.63, 3.8) is 0 Å². The maximum Gasteiger partial charge on any atom is 0.319 e. The molecule has 1 aliphatic rings. The summed E-state index contributed by atoms with van der Waals surface area (Å²) >= 11 is 0. The van der Waals surface area contributed by atoms with Crippen LogP contribution in [-0.2, 0) is 4.79 Å². The van der Waals surface area contributed by atoms with E-state index >= 15 is 0 Å². The molecule has 120 valence electrons. The largest absolute Gasteiger partial charge is 0.378 e. The third-order valence-electron chi connectivity index (χ3n) is 3.83. The number of anilines is 2. The van der Waals surface area contributed by atoms with Gasteiger partial charge in [-0.15, -0.1) is 0 Å². The number of urea groups is 1. The van der Waals surface area contributed by atoms with Gasteiger partial charge in [0.1, 0.15) is 0 Å². The quantitative estimate of drug-likeness (QED) is 0.891. The van der Waals surface area contributed by atoms with Crippen LogP contribution in [0.2, 0.25) is 0 Å². The topological polar surface area (TPSA) is 64.7 Å². The Bertz CT molecular complexity index is 551. The second kappa shape index (κ2) is 7.15. The number of rotatable bonds is 4. The van der Waals surface area contributed by atoms with Crippen molar-refractivity contribution in [3.8, 4) is 0 Å². The van der Waals surface area contributed by atoms with Gasteiger partial charge >= 0.3 is 6.03 Å². The minimum absolute atomic E-state index is 0.0210. The molecule has 0 aromatic heterocycles. The molecule has 0 aliphatic carbocycles. The number of hydrogen-bond acceptors (Lipinski definition) is 3. The molecule has 1 aromatic carbocycles. The fourth-order valence-electron chi connectivity index (χ4n) is 2.47. The second-order valence-corrected chi connectivity index (χ2v) is 5.79. The normalized spacial score (nSPS) is 13.9. The van der Waals surface area contributed by atoms with Gasteiger partial charge in [-0.25, -0.2) is 4.79 Å². The monoisotopic (exact) mass is 304 g/mol. The summed E-state index contributed by atoms with van der Waals surface area (Å²) in [7, 11) is 3.94. The van der Waals surface area contributed by atoms with Crippen LogP contribution in [0.1, 0.15) is 18.4 Å². The van der Waals surface area contributed by atoms with E-state index in [1.54, 1.807) is 4.90 Å². The molecule has 6 heteroatoms. The molecule has 0 unspecified atom stereocenters. The van der Waals surface area contributed by atoms with Crippen molar-refractivity contribution in [2.24, 2.45) is 0 Å². The molecule has 6 nitrogen and oxygen atoms in total. The summed E-state index contributed by atoms with van der Waals surface area (Å²) in [5, 5.41) is 5.40. The SMILES string of the molecule is Cc1cc(N(C)C)ccc1NC(=O)NCC(=O)N1CCCC1. The standard InChI is InChI=1S/C16H24N4O2/c1-12-10-13(19(2)3)6-7-14(12)18-16(22)17-11-15(21)20-8-4-5-9-20/h6-7,10H,4-5,8-9,11H2,1-3H3,(H2,17,18,22). The number of amides is 3. The van der Waals surface area contributed by atoms with Gasteiger partial charge in [0.25, 0.3) is 0 Å². The summed E-state index contributed by atoms with van der Waals surface area (Å²) in [6, 6.07) is 5.46. The highest BCUT2D eigenvalue weighted by Gasteiger charge is 2.18. The highest BCUT2D eigenvalue weighted by atomic mass is 16.2. The summed E-state index contributed by atoms with van der Waals surface area (Å²) < 4.78 is 0. The number of benzene rings is 1. The van der Waals surface area contributed by atoms with E-state index in [9.17, 15) is 9.59 Å². The molecule has 0 radical (unpaired) electrons. The number of carbonyl (C=O) groups excluding carboxylic acids is 2. The molecule has 2 rings (SSSR count). The number of nitrogens with zero attached hydrogens (tertiary/aromatic N) is 2. The summed E-state index contributed by atoms with van der Waals surface area (Å²) in [4.78, 5) is 27.6. The van der Waals surface area contributed by atoms with Crippen molar-refractivity contribution >= 4 is 23.3 Å². The number of likely N-dealkylation sites (tertiary alicyclic amines) is 1. The van der Waals surface area contributed by atoms with Crippen LogP contribution in [-0.4, -0.2) is 50.6 Å². The molecule has 3 amide bonds.